The van der Waals surface area contributed by atoms with Gasteiger partial charge >= 0.3 is 0 Å². The van der Waals surface area contributed by atoms with Crippen LogP contribution >= 0.6 is 0 Å². The molecule has 0 aliphatic carbocycles. The highest BCUT2D eigenvalue weighted by Gasteiger charge is 2.23. The molecule has 0 saturated heterocycles. The second kappa shape index (κ2) is 13.8. The Bertz CT molecular complexity index is 4240. The molecule has 0 atom stereocenters. The first-order chi connectivity index (χ1) is 32.2. The SMILES string of the molecule is c1ccc(-c2nc(-c3cc4oc5ccccc5c4c4ccccc34)nc(-n3c4ccc(-c5ccc6c(c5)c5ccccc5n6-c5ccccc5)cc4c4c5ccccc5ccc43)n2)cc1. The smallest absolute Gasteiger partial charge is 0.238 e. The van der Waals surface area contributed by atoms with Crippen molar-refractivity contribution < 1.29 is 4.42 Å². The van der Waals surface area contributed by atoms with Crippen molar-refractivity contribution in [2.24, 2.45) is 0 Å². The molecular weight excluding hydrogens is 795 g/mol. The van der Waals surface area contributed by atoms with E-state index in [1.165, 1.54) is 32.6 Å². The van der Waals surface area contributed by atoms with Gasteiger partial charge in [-0.25, -0.2) is 4.98 Å². The fourth-order valence-corrected chi connectivity index (χ4v) is 10.3. The van der Waals surface area contributed by atoms with Crippen LogP contribution in [-0.4, -0.2) is 24.1 Å². The molecule has 302 valence electrons. The first-order valence-electron chi connectivity index (χ1n) is 21.9. The topological polar surface area (TPSA) is 61.7 Å². The van der Waals surface area contributed by atoms with Crippen LogP contribution in [0.1, 0.15) is 0 Å². The Hall–Kier alpha value is -8.87. The third kappa shape index (κ3) is 5.38. The molecule has 0 aliphatic rings. The molecule has 0 unspecified atom stereocenters. The Morgan fingerprint density at radius 1 is 0.323 bits per heavy atom. The summed E-state index contributed by atoms with van der Waals surface area (Å²) in [5.74, 6) is 1.71. The number of hydrogen-bond donors (Lipinski definition) is 0. The minimum absolute atomic E-state index is 0.542. The highest BCUT2D eigenvalue weighted by molar-refractivity contribution is 6.23. The molecule has 0 aliphatic heterocycles. The highest BCUT2D eigenvalue weighted by atomic mass is 16.3. The van der Waals surface area contributed by atoms with E-state index in [0.717, 1.165) is 82.5 Å². The molecule has 0 saturated carbocycles. The number of aromatic nitrogens is 5. The van der Waals surface area contributed by atoms with Gasteiger partial charge in [-0.3, -0.25) is 4.57 Å². The van der Waals surface area contributed by atoms with Gasteiger partial charge in [0.05, 0.1) is 22.1 Å². The zero-order chi connectivity index (χ0) is 42.6. The molecule has 4 aromatic heterocycles. The van der Waals surface area contributed by atoms with E-state index >= 15 is 0 Å². The Morgan fingerprint density at radius 3 is 1.74 bits per heavy atom. The summed E-state index contributed by atoms with van der Waals surface area (Å²) in [6, 6.07) is 75.1. The maximum atomic E-state index is 6.53. The standard InChI is InChI=1S/C59H35N5O/c1-3-16-37(17-4-1)57-60-58(47-35-54-56(44-23-10-9-21-42(44)47)45-24-12-14-26-53(45)65-54)62-59(61-57)64-51-31-29-39(34-48(51)55-41-20-8-7-15-36(41)27-32-52(55)64)38-28-30-50-46(33-38)43-22-11-13-25-49(43)63(50)40-18-5-2-6-19-40/h1-35H. The van der Waals surface area contributed by atoms with Crippen molar-refractivity contribution in [1.29, 1.82) is 0 Å². The molecule has 0 spiro atoms. The fourth-order valence-electron chi connectivity index (χ4n) is 10.3. The molecule has 14 rings (SSSR count). The maximum Gasteiger partial charge on any atom is 0.238 e. The van der Waals surface area contributed by atoms with Crippen molar-refractivity contribution in [1.82, 2.24) is 24.1 Å². The molecule has 0 amide bonds. The zero-order valence-electron chi connectivity index (χ0n) is 34.9. The van der Waals surface area contributed by atoms with Crippen molar-refractivity contribution in [2.75, 3.05) is 0 Å². The lowest BCUT2D eigenvalue weighted by molar-refractivity contribution is 0.669. The van der Waals surface area contributed by atoms with Crippen LogP contribution in [0.15, 0.2) is 217 Å². The van der Waals surface area contributed by atoms with E-state index in [1.807, 2.05) is 30.3 Å². The molecule has 10 aromatic carbocycles. The van der Waals surface area contributed by atoms with Gasteiger partial charge in [-0.1, -0.05) is 152 Å². The Kier molecular flexibility index (Phi) is 7.59. The number of para-hydroxylation sites is 3. The van der Waals surface area contributed by atoms with Gasteiger partial charge in [0.15, 0.2) is 11.6 Å². The van der Waals surface area contributed by atoms with Crippen LogP contribution in [-0.2, 0) is 0 Å². The van der Waals surface area contributed by atoms with E-state index in [4.69, 9.17) is 19.4 Å². The summed E-state index contributed by atoms with van der Waals surface area (Å²) in [4.78, 5) is 16.0. The molecule has 0 fully saturated rings. The number of rotatable bonds is 5. The Balaban J connectivity index is 1.02. The van der Waals surface area contributed by atoms with Crippen molar-refractivity contribution in [3.8, 4) is 45.5 Å². The molecule has 0 radical (unpaired) electrons. The van der Waals surface area contributed by atoms with Crippen LogP contribution in [0.2, 0.25) is 0 Å². The summed E-state index contributed by atoms with van der Waals surface area (Å²) in [6.07, 6.45) is 0. The van der Waals surface area contributed by atoms with Gasteiger partial charge < -0.3 is 8.98 Å². The van der Waals surface area contributed by atoms with E-state index in [2.05, 4.69) is 191 Å². The van der Waals surface area contributed by atoms with Crippen LogP contribution in [0.25, 0.3) is 133 Å². The molecule has 6 nitrogen and oxygen atoms in total. The molecular formula is C59H35N5O. The molecule has 0 N–H and O–H groups in total. The van der Waals surface area contributed by atoms with Crippen molar-refractivity contribution >= 4 is 87.1 Å². The highest BCUT2D eigenvalue weighted by Crippen LogP contribution is 2.43. The van der Waals surface area contributed by atoms with Crippen molar-refractivity contribution in [3.63, 3.8) is 0 Å². The molecule has 6 heteroatoms. The normalized spacial score (nSPS) is 12.0. The van der Waals surface area contributed by atoms with Crippen LogP contribution in [0, 0.1) is 0 Å². The third-order valence-corrected chi connectivity index (χ3v) is 13.2. The van der Waals surface area contributed by atoms with Crippen LogP contribution in [0.4, 0.5) is 0 Å². The second-order valence-electron chi connectivity index (χ2n) is 16.8. The second-order valence-corrected chi connectivity index (χ2v) is 16.8. The van der Waals surface area contributed by atoms with E-state index in [-0.39, 0.29) is 0 Å². The van der Waals surface area contributed by atoms with Gasteiger partial charge in [0, 0.05) is 49.1 Å². The average Bonchev–Trinajstić information content (AvgIpc) is 4.04. The van der Waals surface area contributed by atoms with Crippen molar-refractivity contribution in [3.05, 3.63) is 212 Å². The van der Waals surface area contributed by atoms with Gasteiger partial charge in [-0.05, 0) is 93.3 Å². The van der Waals surface area contributed by atoms with Crippen molar-refractivity contribution in [2.45, 2.75) is 0 Å². The van der Waals surface area contributed by atoms with E-state index in [9.17, 15) is 0 Å². The van der Waals surface area contributed by atoms with Gasteiger partial charge in [0.25, 0.3) is 0 Å². The lowest BCUT2D eigenvalue weighted by Gasteiger charge is -2.13. The molecule has 65 heavy (non-hydrogen) atoms. The molecule has 14 aromatic rings. The van der Waals surface area contributed by atoms with E-state index in [0.29, 0.717) is 17.6 Å². The summed E-state index contributed by atoms with van der Waals surface area (Å²) in [7, 11) is 0. The number of benzene rings is 10. The summed E-state index contributed by atoms with van der Waals surface area (Å²) < 4.78 is 11.1. The number of fused-ring (bicyclic) bond motifs is 13. The first-order valence-corrected chi connectivity index (χ1v) is 21.9. The first kappa shape index (κ1) is 35.7. The zero-order valence-corrected chi connectivity index (χ0v) is 34.9. The predicted molar refractivity (Wildman–Crippen MR) is 267 cm³/mol. The number of hydrogen-bond acceptors (Lipinski definition) is 4. The summed E-state index contributed by atoms with van der Waals surface area (Å²) in [5, 5.41) is 11.4. The lowest BCUT2D eigenvalue weighted by atomic mass is 9.98. The van der Waals surface area contributed by atoms with Gasteiger partial charge in [0.2, 0.25) is 5.95 Å². The third-order valence-electron chi connectivity index (χ3n) is 13.2. The lowest BCUT2D eigenvalue weighted by Crippen LogP contribution is -2.06. The average molecular weight is 830 g/mol. The minimum Gasteiger partial charge on any atom is -0.456 e. The Labute approximate surface area is 371 Å². The Morgan fingerprint density at radius 2 is 0.923 bits per heavy atom. The van der Waals surface area contributed by atoms with Crippen LogP contribution in [0.5, 0.6) is 0 Å². The minimum atomic E-state index is 0.542. The number of nitrogens with zero attached hydrogens (tertiary/aromatic N) is 5. The molecule has 0 bridgehead atoms. The van der Waals surface area contributed by atoms with Gasteiger partial charge in [0.1, 0.15) is 11.2 Å². The number of furan rings is 1. The van der Waals surface area contributed by atoms with Crippen LogP contribution in [0.3, 0.4) is 0 Å². The monoisotopic (exact) mass is 829 g/mol. The summed E-state index contributed by atoms with van der Waals surface area (Å²) >= 11 is 0. The van der Waals surface area contributed by atoms with Gasteiger partial charge in [-0.2, -0.15) is 9.97 Å². The fraction of sp³-hybridized carbons (Fsp3) is 0. The van der Waals surface area contributed by atoms with E-state index < -0.39 is 0 Å². The van der Waals surface area contributed by atoms with Crippen LogP contribution < -0.4 is 0 Å². The van der Waals surface area contributed by atoms with Gasteiger partial charge in [-0.15, -0.1) is 0 Å². The molecule has 4 heterocycles. The predicted octanol–water partition coefficient (Wildman–Crippen LogP) is 15.3. The summed E-state index contributed by atoms with van der Waals surface area (Å²) in [5.41, 5.74) is 11.3. The summed E-state index contributed by atoms with van der Waals surface area (Å²) in [6.45, 7) is 0. The quantitative estimate of drug-likeness (QED) is 0.173. The largest absolute Gasteiger partial charge is 0.456 e. The van der Waals surface area contributed by atoms with E-state index in [1.54, 1.807) is 0 Å². The maximum absolute atomic E-state index is 6.53.